The van der Waals surface area contributed by atoms with Gasteiger partial charge in [-0.15, -0.1) is 6.58 Å². The maximum atomic E-state index is 14.0. The highest BCUT2D eigenvalue weighted by molar-refractivity contribution is 7.91. The van der Waals surface area contributed by atoms with Crippen LogP contribution < -0.4 is 15.4 Å². The molecule has 3 fully saturated rings. The number of amides is 3. The summed E-state index contributed by atoms with van der Waals surface area (Å²) in [6.45, 7) is 4.28. The number of nitrogens with one attached hydrogen (secondary N) is 3. The third kappa shape index (κ3) is 4.52. The lowest BCUT2D eigenvalue weighted by molar-refractivity contribution is -0.130. The number of fused-ring (bicyclic) bond motifs is 1. The number of halogens is 1. The van der Waals surface area contributed by atoms with E-state index in [2.05, 4.69) is 21.9 Å². The predicted octanol–water partition coefficient (Wildman–Crippen LogP) is 0.678. The summed E-state index contributed by atoms with van der Waals surface area (Å²) in [5, 5.41) is 5.12. The number of hydrogen-bond donors (Lipinski definition) is 3. The summed E-state index contributed by atoms with van der Waals surface area (Å²) in [5.74, 6) is -1.99. The largest absolute Gasteiger partial charge is 0.445 e. The van der Waals surface area contributed by atoms with E-state index in [4.69, 9.17) is 4.74 Å². The molecule has 12 heteroatoms. The van der Waals surface area contributed by atoms with E-state index in [1.165, 1.54) is 17.0 Å². The lowest BCUT2D eigenvalue weighted by atomic mass is 10.1. The fourth-order valence-electron chi connectivity index (χ4n) is 4.74. The van der Waals surface area contributed by atoms with Gasteiger partial charge in [0, 0.05) is 31.0 Å². The molecule has 1 aromatic carbocycles. The highest BCUT2D eigenvalue weighted by Gasteiger charge is 2.61. The van der Waals surface area contributed by atoms with Gasteiger partial charge in [0.15, 0.2) is 0 Å². The van der Waals surface area contributed by atoms with Crippen molar-refractivity contribution in [2.75, 3.05) is 6.54 Å². The Morgan fingerprint density at radius 3 is 2.69 bits per heavy atom. The molecular weight excluding hydrogens is 479 g/mol. The number of hydrogen-bond acceptors (Lipinski definition) is 7. The Labute approximate surface area is 202 Å². The second kappa shape index (κ2) is 8.59. The third-order valence-electron chi connectivity index (χ3n) is 7.11. The zero-order chi connectivity index (χ0) is 25.0. The lowest BCUT2D eigenvalue weighted by Gasteiger charge is -2.21. The summed E-state index contributed by atoms with van der Waals surface area (Å²) in [4.78, 5) is 39.7. The van der Waals surface area contributed by atoms with Gasteiger partial charge in [-0.2, -0.15) is 0 Å². The number of benzene rings is 1. The van der Waals surface area contributed by atoms with Crippen molar-refractivity contribution in [1.29, 1.82) is 0 Å². The molecule has 0 radical (unpaired) electrons. The lowest BCUT2D eigenvalue weighted by Crippen LogP contribution is -2.55. The molecule has 5 rings (SSSR count). The van der Waals surface area contributed by atoms with Crippen molar-refractivity contribution < 1.29 is 31.9 Å². The highest BCUT2D eigenvalue weighted by Crippen LogP contribution is 2.45. The fourth-order valence-corrected chi connectivity index (χ4v) is 6.11. The maximum absolute atomic E-state index is 14.0. The van der Waals surface area contributed by atoms with Gasteiger partial charge in [-0.3, -0.25) is 19.2 Å². The summed E-state index contributed by atoms with van der Waals surface area (Å²) in [7, 11) is -3.76. The molecule has 3 N–H and O–H groups in total. The minimum atomic E-state index is -3.76. The molecule has 4 atom stereocenters. The number of ether oxygens (including phenoxy) is 1. The van der Waals surface area contributed by atoms with Crippen molar-refractivity contribution in [2.24, 2.45) is 5.92 Å². The average Bonchev–Trinajstić information content (AvgIpc) is 3.69. The molecule has 35 heavy (non-hydrogen) atoms. The Morgan fingerprint density at radius 2 is 2.03 bits per heavy atom. The molecule has 3 amide bonds. The van der Waals surface area contributed by atoms with Gasteiger partial charge in [0.1, 0.15) is 17.5 Å². The number of carbonyl (C=O) groups excluding carboxylic acids is 3. The zero-order valence-electron chi connectivity index (χ0n) is 19.0. The quantitative estimate of drug-likeness (QED) is 0.463. The summed E-state index contributed by atoms with van der Waals surface area (Å²) in [5.41, 5.74) is -0.153. The van der Waals surface area contributed by atoms with Crippen LogP contribution in [0.2, 0.25) is 0 Å². The third-order valence-corrected chi connectivity index (χ3v) is 8.93. The molecule has 0 bridgehead atoms. The van der Waals surface area contributed by atoms with Crippen LogP contribution in [0.25, 0.3) is 0 Å². The molecule has 10 nitrogen and oxygen atoms in total. The first-order chi connectivity index (χ1) is 16.6. The second-order valence-electron chi connectivity index (χ2n) is 9.62. The van der Waals surface area contributed by atoms with Crippen LogP contribution in [0.3, 0.4) is 0 Å². The van der Waals surface area contributed by atoms with Crippen LogP contribution in [0.5, 0.6) is 0 Å². The van der Waals surface area contributed by atoms with Gasteiger partial charge in [0.2, 0.25) is 15.9 Å². The van der Waals surface area contributed by atoms with Crippen molar-refractivity contribution in [2.45, 2.75) is 61.7 Å². The van der Waals surface area contributed by atoms with Gasteiger partial charge >= 0.3 is 6.09 Å². The van der Waals surface area contributed by atoms with Crippen molar-refractivity contribution in [3.05, 3.63) is 47.8 Å². The molecule has 1 unspecified atom stereocenters. The summed E-state index contributed by atoms with van der Waals surface area (Å²) in [6, 6.07) is 3.98. The van der Waals surface area contributed by atoms with Crippen LogP contribution in [0.4, 0.5) is 9.18 Å². The van der Waals surface area contributed by atoms with Gasteiger partial charge in [0.25, 0.3) is 5.91 Å². The fraction of sp³-hybridized carbons (Fsp3) is 0.522. The van der Waals surface area contributed by atoms with Gasteiger partial charge in [-0.05, 0) is 30.9 Å². The molecule has 1 aromatic rings. The molecule has 2 saturated carbocycles. The smallest absolute Gasteiger partial charge is 0.410 e. The molecule has 4 aliphatic rings. The number of rotatable bonds is 7. The first-order valence-corrected chi connectivity index (χ1v) is 13.1. The van der Waals surface area contributed by atoms with Crippen LogP contribution >= 0.6 is 0 Å². The monoisotopic (exact) mass is 506 g/mol. The Morgan fingerprint density at radius 1 is 1.26 bits per heavy atom. The molecule has 0 spiro atoms. The Bertz CT molecular complexity index is 1200. The molecule has 2 heterocycles. The van der Waals surface area contributed by atoms with Crippen molar-refractivity contribution in [3.63, 3.8) is 0 Å². The zero-order valence-corrected chi connectivity index (χ0v) is 19.8. The number of sulfonamides is 1. The first kappa shape index (κ1) is 23.7. The SMILES string of the molecule is C=C[C@@H]1CC1(NC(=O)[C@@H]1C[C@@H](OC(=O)N2Cc3cccc(F)c3C2)CN1)C(=O)NS(=O)(=O)C1CC1. The topological polar surface area (TPSA) is 134 Å². The minimum absolute atomic E-state index is 0.120. The molecule has 2 aliphatic heterocycles. The van der Waals surface area contributed by atoms with Crippen molar-refractivity contribution >= 4 is 27.9 Å². The van der Waals surface area contributed by atoms with Crippen LogP contribution in [-0.2, 0) is 37.4 Å². The molecular formula is C23H27FN4O6S. The van der Waals surface area contributed by atoms with Gasteiger partial charge in [0.05, 0.1) is 17.8 Å². The summed E-state index contributed by atoms with van der Waals surface area (Å²) >= 11 is 0. The summed E-state index contributed by atoms with van der Waals surface area (Å²) < 4.78 is 46.0. The Hall–Kier alpha value is -2.99. The van der Waals surface area contributed by atoms with Gasteiger partial charge in [-0.1, -0.05) is 18.2 Å². The molecule has 0 aromatic heterocycles. The van der Waals surface area contributed by atoms with E-state index in [-0.39, 0.29) is 44.2 Å². The molecule has 1 saturated heterocycles. The van der Waals surface area contributed by atoms with E-state index in [1.54, 1.807) is 12.1 Å². The van der Waals surface area contributed by atoms with E-state index in [1.807, 2.05) is 0 Å². The Balaban J connectivity index is 1.15. The van der Waals surface area contributed by atoms with E-state index in [0.717, 1.165) is 5.56 Å². The van der Waals surface area contributed by atoms with Crippen LogP contribution in [0.1, 0.15) is 36.8 Å². The van der Waals surface area contributed by atoms with Crippen molar-refractivity contribution in [3.8, 4) is 0 Å². The first-order valence-electron chi connectivity index (χ1n) is 11.6. The average molecular weight is 507 g/mol. The van der Waals surface area contributed by atoms with E-state index in [9.17, 15) is 27.2 Å². The Kier molecular flexibility index (Phi) is 5.83. The number of nitrogens with zero attached hydrogens (tertiary/aromatic N) is 1. The standard InChI is InChI=1S/C23H27FN4O6S/c1-2-14-9-23(14,21(30)27-35(32,33)16-6-7-16)26-20(29)19-8-15(10-25-19)34-22(31)28-11-13-4-3-5-18(24)17(13)12-28/h2-5,14-16,19,25H,1,6-12H2,(H,26,29)(H,27,30)/t14-,15-,19+,23?/m1/s1. The minimum Gasteiger partial charge on any atom is -0.445 e. The van der Waals surface area contributed by atoms with Crippen molar-refractivity contribution in [1.82, 2.24) is 20.3 Å². The van der Waals surface area contributed by atoms with Gasteiger partial charge < -0.3 is 15.4 Å². The maximum Gasteiger partial charge on any atom is 0.410 e. The van der Waals surface area contributed by atoms with Crippen LogP contribution in [0.15, 0.2) is 30.9 Å². The molecule has 188 valence electrons. The summed E-state index contributed by atoms with van der Waals surface area (Å²) in [6.07, 6.45) is 1.81. The van der Waals surface area contributed by atoms with Gasteiger partial charge in [-0.25, -0.2) is 17.6 Å². The molecule has 2 aliphatic carbocycles. The second-order valence-corrected chi connectivity index (χ2v) is 11.6. The van der Waals surface area contributed by atoms with E-state index < -0.39 is 50.9 Å². The number of carbonyl (C=O) groups is 3. The van der Waals surface area contributed by atoms with E-state index in [0.29, 0.717) is 18.4 Å². The predicted molar refractivity (Wildman–Crippen MR) is 122 cm³/mol. The van der Waals surface area contributed by atoms with E-state index >= 15 is 0 Å². The normalized spacial score (nSPS) is 29.3. The van der Waals surface area contributed by atoms with Crippen LogP contribution in [-0.4, -0.2) is 60.7 Å². The highest BCUT2D eigenvalue weighted by atomic mass is 32.2. The van der Waals surface area contributed by atoms with Crippen LogP contribution in [0, 0.1) is 11.7 Å².